The third-order valence-electron chi connectivity index (χ3n) is 6.96. The Balaban J connectivity index is 1.18. The molecule has 4 aromatic rings. The molecule has 42 heavy (non-hydrogen) atoms. The average molecular weight is 586 g/mol. The highest BCUT2D eigenvalue weighted by Gasteiger charge is 2.27. The first-order valence-electron chi connectivity index (χ1n) is 13.9. The highest BCUT2D eigenvalue weighted by Crippen LogP contribution is 2.32. The summed E-state index contributed by atoms with van der Waals surface area (Å²) in [4.78, 5) is 44.0. The van der Waals surface area contributed by atoms with Crippen molar-refractivity contribution in [1.82, 2.24) is 9.88 Å². The number of anilines is 3. The summed E-state index contributed by atoms with van der Waals surface area (Å²) in [7, 11) is 0. The first kappa shape index (κ1) is 29.2. The molecular formula is C32H35N5O4S. The normalized spacial score (nSPS) is 15.5. The van der Waals surface area contributed by atoms with Gasteiger partial charge in [-0.25, -0.2) is 4.98 Å². The van der Waals surface area contributed by atoms with Crippen LogP contribution in [0.3, 0.4) is 0 Å². The molecule has 1 aliphatic heterocycles. The Labute approximate surface area is 249 Å². The number of nitrogens with zero attached hydrogens (tertiary/aromatic N) is 2. The number of hydrogen-bond acceptors (Lipinski definition) is 8. The minimum absolute atomic E-state index is 0.00299. The van der Waals surface area contributed by atoms with Crippen molar-refractivity contribution in [2.24, 2.45) is 11.7 Å². The first-order valence-corrected chi connectivity index (χ1v) is 14.7. The van der Waals surface area contributed by atoms with Crippen molar-refractivity contribution >= 4 is 55.7 Å². The number of carbonyl (C=O) groups is 3. The van der Waals surface area contributed by atoms with Crippen molar-refractivity contribution < 1.29 is 19.1 Å². The van der Waals surface area contributed by atoms with Crippen LogP contribution in [0.2, 0.25) is 0 Å². The molecule has 0 aliphatic carbocycles. The van der Waals surface area contributed by atoms with Crippen LogP contribution in [-0.2, 0) is 16.1 Å². The van der Waals surface area contributed by atoms with Crippen molar-refractivity contribution in [1.29, 1.82) is 0 Å². The lowest BCUT2D eigenvalue weighted by Crippen LogP contribution is -2.26. The second-order valence-corrected chi connectivity index (χ2v) is 12.6. The number of hydrogen-bond donors (Lipinski definition) is 3. The van der Waals surface area contributed by atoms with E-state index in [0.717, 1.165) is 59.4 Å². The molecular weight excluding hydrogens is 550 g/mol. The van der Waals surface area contributed by atoms with Crippen LogP contribution in [0.15, 0.2) is 66.7 Å². The Kier molecular flexibility index (Phi) is 8.56. The number of rotatable bonds is 9. The number of primary amides is 1. The van der Waals surface area contributed by atoms with Gasteiger partial charge in [-0.2, -0.15) is 0 Å². The molecule has 0 saturated carbocycles. The van der Waals surface area contributed by atoms with Crippen molar-refractivity contribution in [3.8, 4) is 0 Å². The number of amides is 2. The van der Waals surface area contributed by atoms with Gasteiger partial charge in [-0.15, -0.1) is 0 Å². The SMILES string of the molecule is CC(C)(C)OC(=O)C[C@H]1CCN(Cc2ccc(C(=O)Nc3sc(Nc4ccc5ccccc5c4)nc3C(N)=O)cc2)C1. The van der Waals surface area contributed by atoms with Crippen molar-refractivity contribution in [2.45, 2.75) is 45.8 Å². The molecule has 1 saturated heterocycles. The smallest absolute Gasteiger partial charge is 0.306 e. The van der Waals surface area contributed by atoms with Gasteiger partial charge in [0, 0.05) is 30.8 Å². The molecule has 2 heterocycles. The lowest BCUT2D eigenvalue weighted by atomic mass is 10.1. The molecule has 5 rings (SSSR count). The minimum atomic E-state index is -0.723. The van der Waals surface area contributed by atoms with Gasteiger partial charge in [0.2, 0.25) is 0 Å². The van der Waals surface area contributed by atoms with Gasteiger partial charge in [0.25, 0.3) is 11.8 Å². The van der Waals surface area contributed by atoms with Gasteiger partial charge in [-0.3, -0.25) is 19.3 Å². The number of benzene rings is 3. The monoisotopic (exact) mass is 585 g/mol. The molecule has 0 radical (unpaired) electrons. The molecule has 1 aromatic heterocycles. The Hall–Kier alpha value is -4.28. The topological polar surface area (TPSA) is 127 Å². The number of aromatic nitrogens is 1. The highest BCUT2D eigenvalue weighted by molar-refractivity contribution is 7.20. The van der Waals surface area contributed by atoms with Crippen LogP contribution in [0.5, 0.6) is 0 Å². The standard InChI is InChI=1S/C32H35N5O4S/c1-32(2,3)41-26(38)16-21-14-15-37(19-21)18-20-8-10-23(11-9-20)29(40)36-30-27(28(33)39)35-31(42-30)34-25-13-12-22-6-4-5-7-24(22)17-25/h4-13,17,21H,14-16,18-19H2,1-3H3,(H2,33,39)(H,34,35)(H,36,40)/t21-/m1/s1. The van der Waals surface area contributed by atoms with Crippen LogP contribution < -0.4 is 16.4 Å². The second-order valence-electron chi connectivity index (χ2n) is 11.6. The van der Waals surface area contributed by atoms with Crippen LogP contribution in [0, 0.1) is 5.92 Å². The number of ether oxygens (including phenoxy) is 1. The van der Waals surface area contributed by atoms with Gasteiger partial charge in [0.15, 0.2) is 10.8 Å². The maximum Gasteiger partial charge on any atom is 0.306 e. The summed E-state index contributed by atoms with van der Waals surface area (Å²) >= 11 is 1.15. The fourth-order valence-electron chi connectivity index (χ4n) is 5.05. The van der Waals surface area contributed by atoms with Crippen LogP contribution in [0.25, 0.3) is 10.8 Å². The third-order valence-corrected chi connectivity index (χ3v) is 7.84. The summed E-state index contributed by atoms with van der Waals surface area (Å²) in [6.45, 7) is 8.12. The Bertz CT molecular complexity index is 1610. The van der Waals surface area contributed by atoms with E-state index < -0.39 is 11.5 Å². The fourth-order valence-corrected chi connectivity index (χ4v) is 5.94. The van der Waals surface area contributed by atoms with Gasteiger partial charge in [0.1, 0.15) is 10.6 Å². The molecule has 2 amide bonds. The molecule has 1 aliphatic rings. The maximum absolute atomic E-state index is 13.0. The average Bonchev–Trinajstić information content (AvgIpc) is 3.54. The van der Waals surface area contributed by atoms with Gasteiger partial charge in [-0.05, 0) is 80.3 Å². The summed E-state index contributed by atoms with van der Waals surface area (Å²) in [6, 6.07) is 21.3. The van der Waals surface area contributed by atoms with Gasteiger partial charge >= 0.3 is 5.97 Å². The van der Waals surface area contributed by atoms with E-state index in [0.29, 0.717) is 17.1 Å². The van der Waals surface area contributed by atoms with Crippen LogP contribution in [-0.4, -0.2) is 46.4 Å². The molecule has 218 valence electrons. The van der Waals surface area contributed by atoms with Crippen molar-refractivity contribution in [3.63, 3.8) is 0 Å². The summed E-state index contributed by atoms with van der Waals surface area (Å²) in [6.07, 6.45) is 1.38. The Morgan fingerprint density at radius 3 is 2.50 bits per heavy atom. The van der Waals surface area contributed by atoms with E-state index >= 15 is 0 Å². The zero-order valence-electron chi connectivity index (χ0n) is 24.0. The quantitative estimate of drug-likeness (QED) is 0.207. The largest absolute Gasteiger partial charge is 0.460 e. The van der Waals surface area contributed by atoms with E-state index in [1.807, 2.05) is 75.4 Å². The van der Waals surface area contributed by atoms with E-state index in [1.165, 1.54) is 0 Å². The molecule has 4 N–H and O–H groups in total. The lowest BCUT2D eigenvalue weighted by molar-refractivity contribution is -0.155. The minimum Gasteiger partial charge on any atom is -0.460 e. The van der Waals surface area contributed by atoms with Gasteiger partial charge < -0.3 is 21.1 Å². The van der Waals surface area contributed by atoms with E-state index in [2.05, 4.69) is 20.5 Å². The number of likely N-dealkylation sites (tertiary alicyclic amines) is 1. The number of esters is 1. The zero-order chi connectivity index (χ0) is 29.9. The molecule has 0 bridgehead atoms. The lowest BCUT2D eigenvalue weighted by Gasteiger charge is -2.21. The van der Waals surface area contributed by atoms with E-state index in [4.69, 9.17) is 10.5 Å². The van der Waals surface area contributed by atoms with E-state index in [-0.39, 0.29) is 28.5 Å². The van der Waals surface area contributed by atoms with Crippen LogP contribution in [0.4, 0.5) is 15.8 Å². The number of thiazole rings is 1. The fraction of sp³-hybridized carbons (Fsp3) is 0.312. The molecule has 10 heteroatoms. The third kappa shape index (κ3) is 7.51. The molecule has 0 unspecified atom stereocenters. The summed E-state index contributed by atoms with van der Waals surface area (Å²) in [5, 5.41) is 8.92. The predicted octanol–water partition coefficient (Wildman–Crippen LogP) is 5.94. The number of nitrogens with two attached hydrogens (primary N) is 1. The highest BCUT2D eigenvalue weighted by atomic mass is 32.1. The number of nitrogens with one attached hydrogen (secondary N) is 2. The second kappa shape index (κ2) is 12.3. The number of fused-ring (bicyclic) bond motifs is 1. The van der Waals surface area contributed by atoms with Crippen molar-refractivity contribution in [2.75, 3.05) is 23.7 Å². The van der Waals surface area contributed by atoms with Crippen molar-refractivity contribution in [3.05, 3.63) is 83.6 Å². The molecule has 1 atom stereocenters. The zero-order valence-corrected chi connectivity index (χ0v) is 24.8. The van der Waals surface area contributed by atoms with E-state index in [9.17, 15) is 14.4 Å². The number of carbonyl (C=O) groups excluding carboxylic acids is 3. The first-order chi connectivity index (χ1) is 20.0. The molecule has 0 spiro atoms. The Morgan fingerprint density at radius 1 is 1.05 bits per heavy atom. The maximum atomic E-state index is 13.0. The molecule has 9 nitrogen and oxygen atoms in total. The Morgan fingerprint density at radius 2 is 1.79 bits per heavy atom. The van der Waals surface area contributed by atoms with Crippen LogP contribution in [0.1, 0.15) is 60.0 Å². The van der Waals surface area contributed by atoms with Crippen LogP contribution >= 0.6 is 11.3 Å². The summed E-state index contributed by atoms with van der Waals surface area (Å²) < 4.78 is 5.47. The van der Waals surface area contributed by atoms with E-state index in [1.54, 1.807) is 12.1 Å². The summed E-state index contributed by atoms with van der Waals surface area (Å²) in [5.41, 5.74) is 7.43. The molecule has 1 fully saturated rings. The summed E-state index contributed by atoms with van der Waals surface area (Å²) in [5.74, 6) is -0.950. The van der Waals surface area contributed by atoms with Gasteiger partial charge in [-0.1, -0.05) is 53.8 Å². The molecule has 3 aromatic carbocycles. The predicted molar refractivity (Wildman–Crippen MR) is 166 cm³/mol. The van der Waals surface area contributed by atoms with Gasteiger partial charge in [0.05, 0.1) is 0 Å².